The van der Waals surface area contributed by atoms with Crippen molar-refractivity contribution < 1.29 is 8.42 Å². The van der Waals surface area contributed by atoms with Crippen molar-refractivity contribution in [3.05, 3.63) is 42.0 Å². The maximum atomic E-state index is 12.5. The molecular weight excluding hydrogens is 350 g/mol. The smallest absolute Gasteiger partial charge is 0.263 e. The molecule has 0 atom stereocenters. The Morgan fingerprint density at radius 3 is 2.15 bits per heavy atom. The fourth-order valence-corrected chi connectivity index (χ4v) is 3.81. The quantitative estimate of drug-likeness (QED) is 0.863. The predicted octanol–water partition coefficient (Wildman–Crippen LogP) is 2.15. The fraction of sp³-hybridized carbons (Fsp3) is 0.444. The molecule has 7 nitrogen and oxygen atoms in total. The summed E-state index contributed by atoms with van der Waals surface area (Å²) in [6.07, 6.45) is 0. The van der Waals surface area contributed by atoms with Crippen molar-refractivity contribution in [2.24, 2.45) is 0 Å². The first-order chi connectivity index (χ1) is 12.3. The predicted molar refractivity (Wildman–Crippen MR) is 103 cm³/mol. The molecule has 0 spiro atoms. The lowest BCUT2D eigenvalue weighted by Gasteiger charge is -2.32. The number of hydrogen-bond donors (Lipinski definition) is 1. The van der Waals surface area contributed by atoms with Gasteiger partial charge < -0.3 is 9.80 Å². The van der Waals surface area contributed by atoms with Crippen LogP contribution in [0.15, 0.2) is 41.3 Å². The molecule has 0 unspecified atom stereocenters. The Hall–Kier alpha value is -2.19. The fourth-order valence-electron chi connectivity index (χ4n) is 2.81. The Morgan fingerprint density at radius 2 is 1.62 bits per heavy atom. The number of benzene rings is 1. The van der Waals surface area contributed by atoms with E-state index in [2.05, 4.69) is 45.6 Å². The molecule has 0 saturated carbocycles. The standard InChI is InChI=1S/C18H25N5O2S/c1-14(2)15-4-6-16(7-5-15)26(24,25)21-17-8-9-18(20-19-17)23-12-10-22(3)11-13-23/h4-9,14H,10-13H2,1-3H3,(H,19,21). The maximum Gasteiger partial charge on any atom is 0.263 e. The van der Waals surface area contributed by atoms with E-state index in [0.717, 1.165) is 37.6 Å². The molecule has 1 fully saturated rings. The topological polar surface area (TPSA) is 78.4 Å². The number of nitrogens with zero attached hydrogens (tertiary/aromatic N) is 4. The van der Waals surface area contributed by atoms with E-state index in [0.29, 0.717) is 5.92 Å². The lowest BCUT2D eigenvalue weighted by molar-refractivity contribution is 0.312. The number of sulfonamides is 1. The van der Waals surface area contributed by atoms with Crippen LogP contribution in [-0.4, -0.2) is 56.7 Å². The van der Waals surface area contributed by atoms with E-state index in [4.69, 9.17) is 0 Å². The van der Waals surface area contributed by atoms with Crippen LogP contribution in [0.3, 0.4) is 0 Å². The highest BCUT2D eigenvalue weighted by Gasteiger charge is 2.18. The van der Waals surface area contributed by atoms with Gasteiger partial charge in [-0.2, -0.15) is 0 Å². The summed E-state index contributed by atoms with van der Waals surface area (Å²) in [5.74, 6) is 1.34. The molecule has 3 rings (SSSR count). The molecule has 8 heteroatoms. The van der Waals surface area contributed by atoms with Crippen LogP contribution in [0, 0.1) is 0 Å². The molecule has 0 bridgehead atoms. The molecule has 26 heavy (non-hydrogen) atoms. The van der Waals surface area contributed by atoms with Gasteiger partial charge in [0.05, 0.1) is 4.90 Å². The number of aromatic nitrogens is 2. The Balaban J connectivity index is 1.69. The number of piperazine rings is 1. The van der Waals surface area contributed by atoms with E-state index < -0.39 is 10.0 Å². The molecule has 1 aromatic heterocycles. The molecule has 2 heterocycles. The average Bonchev–Trinajstić information content (AvgIpc) is 2.63. The van der Waals surface area contributed by atoms with Gasteiger partial charge in [-0.3, -0.25) is 4.72 Å². The van der Waals surface area contributed by atoms with Gasteiger partial charge in [0.2, 0.25) is 0 Å². The van der Waals surface area contributed by atoms with Crippen LogP contribution in [0.1, 0.15) is 25.3 Å². The zero-order valence-electron chi connectivity index (χ0n) is 15.4. The number of nitrogens with one attached hydrogen (secondary N) is 1. The second-order valence-electron chi connectivity index (χ2n) is 6.90. The van der Waals surface area contributed by atoms with Gasteiger partial charge in [0.1, 0.15) is 0 Å². The lowest BCUT2D eigenvalue weighted by atomic mass is 10.0. The third-order valence-corrected chi connectivity index (χ3v) is 5.94. The summed E-state index contributed by atoms with van der Waals surface area (Å²) in [4.78, 5) is 4.62. The molecule has 1 N–H and O–H groups in total. The van der Waals surface area contributed by atoms with E-state index in [1.54, 1.807) is 24.3 Å². The van der Waals surface area contributed by atoms with Gasteiger partial charge in [0.15, 0.2) is 11.6 Å². The second kappa shape index (κ2) is 7.59. The minimum Gasteiger partial charge on any atom is -0.353 e. The lowest BCUT2D eigenvalue weighted by Crippen LogP contribution is -2.44. The summed E-state index contributed by atoms with van der Waals surface area (Å²) >= 11 is 0. The maximum absolute atomic E-state index is 12.5. The first-order valence-corrected chi connectivity index (χ1v) is 10.2. The van der Waals surface area contributed by atoms with Crippen molar-refractivity contribution >= 4 is 21.7 Å². The monoisotopic (exact) mass is 375 g/mol. The van der Waals surface area contributed by atoms with Crippen LogP contribution in [0.5, 0.6) is 0 Å². The molecule has 0 amide bonds. The van der Waals surface area contributed by atoms with Crippen molar-refractivity contribution in [2.75, 3.05) is 42.8 Å². The number of anilines is 2. The van der Waals surface area contributed by atoms with Crippen molar-refractivity contribution in [3.8, 4) is 0 Å². The van der Waals surface area contributed by atoms with E-state index in [1.807, 2.05) is 12.1 Å². The summed E-state index contributed by atoms with van der Waals surface area (Å²) in [6, 6.07) is 10.4. The van der Waals surface area contributed by atoms with Crippen molar-refractivity contribution in [3.63, 3.8) is 0 Å². The van der Waals surface area contributed by atoms with Crippen LogP contribution < -0.4 is 9.62 Å². The number of rotatable bonds is 5. The highest BCUT2D eigenvalue weighted by atomic mass is 32.2. The normalized spacial score (nSPS) is 16.1. The van der Waals surface area contributed by atoms with Crippen LogP contribution in [-0.2, 0) is 10.0 Å². The Morgan fingerprint density at radius 1 is 0.962 bits per heavy atom. The first-order valence-electron chi connectivity index (χ1n) is 8.75. The van der Waals surface area contributed by atoms with Gasteiger partial charge in [0.25, 0.3) is 10.0 Å². The summed E-state index contributed by atoms with van der Waals surface area (Å²) in [5, 5.41) is 8.21. The highest BCUT2D eigenvalue weighted by molar-refractivity contribution is 7.92. The Kier molecular flexibility index (Phi) is 5.43. The Bertz CT molecular complexity index is 827. The van der Waals surface area contributed by atoms with Gasteiger partial charge in [-0.15, -0.1) is 10.2 Å². The van der Waals surface area contributed by atoms with E-state index in [-0.39, 0.29) is 10.7 Å². The highest BCUT2D eigenvalue weighted by Crippen LogP contribution is 2.20. The SMILES string of the molecule is CC(C)c1ccc(S(=O)(=O)Nc2ccc(N3CCN(C)CC3)nn2)cc1. The zero-order chi connectivity index (χ0) is 18.7. The molecule has 1 saturated heterocycles. The van der Waals surface area contributed by atoms with Gasteiger partial charge in [-0.1, -0.05) is 26.0 Å². The van der Waals surface area contributed by atoms with Crippen LogP contribution >= 0.6 is 0 Å². The molecule has 2 aromatic rings. The third kappa shape index (κ3) is 4.31. The summed E-state index contributed by atoms with van der Waals surface area (Å²) in [6.45, 7) is 7.86. The van der Waals surface area contributed by atoms with Crippen molar-refractivity contribution in [1.29, 1.82) is 0 Å². The second-order valence-corrected chi connectivity index (χ2v) is 8.58. The van der Waals surface area contributed by atoms with E-state index >= 15 is 0 Å². The van der Waals surface area contributed by atoms with Crippen LogP contribution in [0.2, 0.25) is 0 Å². The van der Waals surface area contributed by atoms with Crippen LogP contribution in [0.4, 0.5) is 11.6 Å². The summed E-state index contributed by atoms with van der Waals surface area (Å²) < 4.78 is 27.5. The first kappa shape index (κ1) is 18.6. The third-order valence-electron chi connectivity index (χ3n) is 4.57. The molecule has 1 aliphatic rings. The molecule has 1 aromatic carbocycles. The van der Waals surface area contributed by atoms with E-state index in [9.17, 15) is 8.42 Å². The van der Waals surface area contributed by atoms with E-state index in [1.165, 1.54) is 0 Å². The number of likely N-dealkylation sites (N-methyl/N-ethyl adjacent to an activating group) is 1. The minimum atomic E-state index is -3.67. The minimum absolute atomic E-state index is 0.215. The Labute approximate surface area is 155 Å². The van der Waals surface area contributed by atoms with Gasteiger partial charge in [-0.25, -0.2) is 8.42 Å². The molecule has 0 aliphatic carbocycles. The largest absolute Gasteiger partial charge is 0.353 e. The molecule has 0 radical (unpaired) electrons. The van der Waals surface area contributed by atoms with Crippen LogP contribution in [0.25, 0.3) is 0 Å². The van der Waals surface area contributed by atoms with Gasteiger partial charge in [0, 0.05) is 26.2 Å². The van der Waals surface area contributed by atoms with Crippen molar-refractivity contribution in [2.45, 2.75) is 24.7 Å². The van der Waals surface area contributed by atoms with Gasteiger partial charge >= 0.3 is 0 Å². The summed E-state index contributed by atoms with van der Waals surface area (Å²) in [7, 11) is -1.58. The van der Waals surface area contributed by atoms with Crippen molar-refractivity contribution in [1.82, 2.24) is 15.1 Å². The molecular formula is C18H25N5O2S. The van der Waals surface area contributed by atoms with Gasteiger partial charge in [-0.05, 0) is 42.8 Å². The zero-order valence-corrected chi connectivity index (χ0v) is 16.2. The molecule has 1 aliphatic heterocycles. The summed E-state index contributed by atoms with van der Waals surface area (Å²) in [5.41, 5.74) is 1.10. The number of hydrogen-bond acceptors (Lipinski definition) is 6. The average molecular weight is 375 g/mol. The molecule has 140 valence electrons.